The maximum atomic E-state index is 12.2. The fraction of sp³-hybridized carbons (Fsp3) is 0.591. The fourth-order valence-corrected chi connectivity index (χ4v) is 3.85. The Bertz CT molecular complexity index is 619. The monoisotopic (exact) mass is 371 g/mol. The first kappa shape index (κ1) is 19.9. The maximum absolute atomic E-state index is 12.2. The van der Waals surface area contributed by atoms with Crippen molar-refractivity contribution >= 4 is 5.91 Å². The van der Waals surface area contributed by atoms with E-state index in [0.29, 0.717) is 6.54 Å². The largest absolute Gasteiger partial charge is 0.497 e. The predicted octanol–water partition coefficient (Wildman–Crippen LogP) is 2.82. The number of amides is 1. The van der Waals surface area contributed by atoms with Gasteiger partial charge in [-0.25, -0.2) is 0 Å². The van der Waals surface area contributed by atoms with Gasteiger partial charge in [0, 0.05) is 39.3 Å². The van der Waals surface area contributed by atoms with Crippen molar-refractivity contribution in [2.24, 2.45) is 0 Å². The van der Waals surface area contributed by atoms with Crippen LogP contribution in [0.15, 0.2) is 35.9 Å². The number of allylic oxidation sites excluding steroid dienone is 1. The van der Waals surface area contributed by atoms with Crippen LogP contribution in [0.1, 0.15) is 37.7 Å². The van der Waals surface area contributed by atoms with E-state index in [4.69, 9.17) is 4.74 Å². The van der Waals surface area contributed by atoms with E-state index in [1.807, 2.05) is 12.1 Å². The molecule has 1 aromatic carbocycles. The summed E-state index contributed by atoms with van der Waals surface area (Å²) in [4.78, 5) is 16.9. The first-order valence-electron chi connectivity index (χ1n) is 10.2. The maximum Gasteiger partial charge on any atom is 0.234 e. The van der Waals surface area contributed by atoms with Crippen molar-refractivity contribution in [3.63, 3.8) is 0 Å². The number of rotatable bonds is 8. The molecule has 148 valence electrons. The van der Waals surface area contributed by atoms with Crippen molar-refractivity contribution in [3.05, 3.63) is 41.5 Å². The molecule has 0 aromatic heterocycles. The third-order valence-electron chi connectivity index (χ3n) is 5.55. The molecule has 1 heterocycles. The molecule has 1 N–H and O–H groups in total. The smallest absolute Gasteiger partial charge is 0.234 e. The SMILES string of the molecule is COc1ccc(CN2CCN(CC(=O)NCCC3=CCCCC3)CC2)cc1. The number of benzene rings is 1. The lowest BCUT2D eigenvalue weighted by atomic mass is 9.97. The summed E-state index contributed by atoms with van der Waals surface area (Å²) in [5, 5.41) is 3.09. The summed E-state index contributed by atoms with van der Waals surface area (Å²) in [6.07, 6.45) is 8.43. The molecular formula is C22H33N3O2. The van der Waals surface area contributed by atoms with Gasteiger partial charge in [0.15, 0.2) is 0 Å². The van der Waals surface area contributed by atoms with Gasteiger partial charge in [0.2, 0.25) is 5.91 Å². The molecule has 5 nitrogen and oxygen atoms in total. The fourth-order valence-electron chi connectivity index (χ4n) is 3.85. The number of methoxy groups -OCH3 is 1. The summed E-state index contributed by atoms with van der Waals surface area (Å²) >= 11 is 0. The van der Waals surface area contributed by atoms with E-state index in [0.717, 1.165) is 51.4 Å². The van der Waals surface area contributed by atoms with Gasteiger partial charge in [0.25, 0.3) is 0 Å². The molecule has 1 fully saturated rings. The second kappa shape index (κ2) is 10.5. The summed E-state index contributed by atoms with van der Waals surface area (Å²) < 4.78 is 5.21. The van der Waals surface area contributed by atoms with E-state index in [1.165, 1.54) is 36.8 Å². The average molecular weight is 372 g/mol. The van der Waals surface area contributed by atoms with Crippen molar-refractivity contribution in [1.29, 1.82) is 0 Å². The molecule has 1 saturated heterocycles. The molecule has 1 aliphatic heterocycles. The van der Waals surface area contributed by atoms with Gasteiger partial charge in [-0.15, -0.1) is 0 Å². The molecule has 0 radical (unpaired) electrons. The van der Waals surface area contributed by atoms with Crippen LogP contribution in [0.2, 0.25) is 0 Å². The summed E-state index contributed by atoms with van der Waals surface area (Å²) in [5.74, 6) is 1.06. The molecule has 1 aromatic rings. The minimum Gasteiger partial charge on any atom is -0.497 e. The highest BCUT2D eigenvalue weighted by Crippen LogP contribution is 2.19. The van der Waals surface area contributed by atoms with Crippen LogP contribution in [0.25, 0.3) is 0 Å². The lowest BCUT2D eigenvalue weighted by Gasteiger charge is -2.34. The van der Waals surface area contributed by atoms with Crippen LogP contribution < -0.4 is 10.1 Å². The Kier molecular flexibility index (Phi) is 7.72. The molecule has 0 atom stereocenters. The third kappa shape index (κ3) is 6.67. The highest BCUT2D eigenvalue weighted by molar-refractivity contribution is 5.78. The molecule has 0 unspecified atom stereocenters. The average Bonchev–Trinajstić information content (AvgIpc) is 2.71. The van der Waals surface area contributed by atoms with Gasteiger partial charge in [-0.3, -0.25) is 14.6 Å². The van der Waals surface area contributed by atoms with Crippen molar-refractivity contribution in [3.8, 4) is 5.75 Å². The number of ether oxygens (including phenoxy) is 1. The molecular weight excluding hydrogens is 338 g/mol. The standard InChI is InChI=1S/C22H33N3O2/c1-27-21-9-7-20(8-10-21)17-24-13-15-25(16-14-24)18-22(26)23-12-11-19-5-3-2-4-6-19/h5,7-10H,2-4,6,11-18H2,1H3,(H,23,26). The van der Waals surface area contributed by atoms with E-state index in [2.05, 4.69) is 33.3 Å². The molecule has 0 spiro atoms. The molecule has 1 aliphatic carbocycles. The predicted molar refractivity (Wildman–Crippen MR) is 109 cm³/mol. The number of nitrogens with zero attached hydrogens (tertiary/aromatic N) is 2. The van der Waals surface area contributed by atoms with Crippen molar-refractivity contribution in [1.82, 2.24) is 15.1 Å². The van der Waals surface area contributed by atoms with Gasteiger partial charge in [-0.2, -0.15) is 0 Å². The minimum atomic E-state index is 0.162. The highest BCUT2D eigenvalue weighted by Gasteiger charge is 2.19. The van der Waals surface area contributed by atoms with E-state index in [9.17, 15) is 4.79 Å². The quantitative estimate of drug-likeness (QED) is 0.714. The van der Waals surface area contributed by atoms with E-state index in [1.54, 1.807) is 7.11 Å². The van der Waals surface area contributed by atoms with E-state index < -0.39 is 0 Å². The van der Waals surface area contributed by atoms with Crippen LogP contribution in [0, 0.1) is 0 Å². The first-order chi connectivity index (χ1) is 13.2. The lowest BCUT2D eigenvalue weighted by molar-refractivity contribution is -0.122. The first-order valence-corrected chi connectivity index (χ1v) is 10.2. The van der Waals surface area contributed by atoms with Crippen molar-refractivity contribution in [2.45, 2.75) is 38.6 Å². The van der Waals surface area contributed by atoms with Crippen LogP contribution in [0.3, 0.4) is 0 Å². The second-order valence-electron chi connectivity index (χ2n) is 7.61. The molecule has 1 amide bonds. The normalized spacial score (nSPS) is 18.8. The second-order valence-corrected chi connectivity index (χ2v) is 7.61. The third-order valence-corrected chi connectivity index (χ3v) is 5.55. The van der Waals surface area contributed by atoms with Crippen molar-refractivity contribution < 1.29 is 9.53 Å². The number of nitrogens with one attached hydrogen (secondary N) is 1. The minimum absolute atomic E-state index is 0.162. The lowest BCUT2D eigenvalue weighted by Crippen LogP contribution is -2.49. The van der Waals surface area contributed by atoms with Gasteiger partial charge in [-0.05, 0) is 49.8 Å². The Balaban J connectivity index is 1.31. The van der Waals surface area contributed by atoms with Gasteiger partial charge in [0.1, 0.15) is 5.75 Å². The van der Waals surface area contributed by atoms with Gasteiger partial charge in [-0.1, -0.05) is 23.8 Å². The van der Waals surface area contributed by atoms with E-state index in [-0.39, 0.29) is 5.91 Å². The molecule has 27 heavy (non-hydrogen) atoms. The van der Waals surface area contributed by atoms with Crippen LogP contribution in [-0.2, 0) is 11.3 Å². The zero-order valence-corrected chi connectivity index (χ0v) is 16.6. The molecule has 0 saturated carbocycles. The summed E-state index contributed by atoms with van der Waals surface area (Å²) in [6.45, 7) is 6.18. The molecule has 0 bridgehead atoms. The van der Waals surface area contributed by atoms with Crippen molar-refractivity contribution in [2.75, 3.05) is 46.4 Å². The van der Waals surface area contributed by atoms with Gasteiger partial charge < -0.3 is 10.1 Å². The Morgan fingerprint density at radius 3 is 2.48 bits per heavy atom. The molecule has 2 aliphatic rings. The number of hydrogen-bond acceptors (Lipinski definition) is 4. The van der Waals surface area contributed by atoms with Crippen LogP contribution in [-0.4, -0.2) is 62.1 Å². The zero-order valence-electron chi connectivity index (χ0n) is 16.6. The highest BCUT2D eigenvalue weighted by atomic mass is 16.5. The van der Waals surface area contributed by atoms with E-state index >= 15 is 0 Å². The Hall–Kier alpha value is -1.85. The summed E-state index contributed by atoms with van der Waals surface area (Å²) in [7, 11) is 1.69. The number of carbonyl (C=O) groups is 1. The Morgan fingerprint density at radius 1 is 1.07 bits per heavy atom. The van der Waals surface area contributed by atoms with Crippen LogP contribution >= 0.6 is 0 Å². The van der Waals surface area contributed by atoms with Gasteiger partial charge in [0.05, 0.1) is 13.7 Å². The summed E-state index contributed by atoms with van der Waals surface area (Å²) in [6, 6.07) is 8.28. The number of piperazine rings is 1. The number of carbonyl (C=O) groups excluding carboxylic acids is 1. The van der Waals surface area contributed by atoms with Gasteiger partial charge >= 0.3 is 0 Å². The molecule has 3 rings (SSSR count). The Morgan fingerprint density at radius 2 is 1.81 bits per heavy atom. The molecule has 5 heteroatoms. The number of hydrogen-bond donors (Lipinski definition) is 1. The summed E-state index contributed by atoms with van der Waals surface area (Å²) in [5.41, 5.74) is 2.83. The Labute approximate surface area is 163 Å². The van der Waals surface area contributed by atoms with Crippen LogP contribution in [0.5, 0.6) is 5.75 Å². The van der Waals surface area contributed by atoms with Crippen LogP contribution in [0.4, 0.5) is 0 Å². The topological polar surface area (TPSA) is 44.8 Å². The zero-order chi connectivity index (χ0) is 18.9.